The number of amides is 1. The second-order valence-corrected chi connectivity index (χ2v) is 6.58. The maximum absolute atomic E-state index is 12.8. The quantitative estimate of drug-likeness (QED) is 0.853. The second kappa shape index (κ2) is 6.15. The highest BCUT2D eigenvalue weighted by molar-refractivity contribution is 7.80. The summed E-state index contributed by atoms with van der Waals surface area (Å²) in [5, 5.41) is 2.97. The average Bonchev–Trinajstić information content (AvgIpc) is 2.83. The number of ether oxygens (including phenoxy) is 1. The molecule has 2 N–H and O–H groups in total. The fraction of sp³-hybridized carbons (Fsp3) is 0.615. The Kier molecular flexibility index (Phi) is 4.72. The van der Waals surface area contributed by atoms with Gasteiger partial charge in [0.15, 0.2) is 0 Å². The summed E-state index contributed by atoms with van der Waals surface area (Å²) in [6.45, 7) is 3.47. The highest BCUT2D eigenvalue weighted by Gasteiger charge is 2.44. The molecule has 7 heteroatoms. The summed E-state index contributed by atoms with van der Waals surface area (Å²) in [6, 6.07) is 0. The Bertz CT molecular complexity index is 509. The molecule has 20 heavy (non-hydrogen) atoms. The molecular weight excluding hydrogens is 294 g/mol. The molecule has 0 unspecified atom stereocenters. The van der Waals surface area contributed by atoms with Gasteiger partial charge in [0.2, 0.25) is 5.91 Å². The molecule has 2 heterocycles. The van der Waals surface area contributed by atoms with Crippen molar-refractivity contribution in [3.8, 4) is 0 Å². The molecule has 1 fully saturated rings. The topological polar surface area (TPSA) is 68.5 Å². The van der Waals surface area contributed by atoms with Crippen LogP contribution in [-0.2, 0) is 16.1 Å². The van der Waals surface area contributed by atoms with Crippen LogP contribution in [0.1, 0.15) is 23.5 Å². The van der Waals surface area contributed by atoms with Crippen LogP contribution in [0.3, 0.4) is 0 Å². The van der Waals surface area contributed by atoms with E-state index in [-0.39, 0.29) is 10.9 Å². The molecule has 0 radical (unpaired) electrons. The fourth-order valence-electron chi connectivity index (χ4n) is 2.45. The lowest BCUT2D eigenvalue weighted by Crippen LogP contribution is -2.52. The third-order valence-electron chi connectivity index (χ3n) is 3.64. The lowest BCUT2D eigenvalue weighted by molar-refractivity contribution is -0.141. The Balaban J connectivity index is 2.12. The number of hydrogen-bond acceptors (Lipinski definition) is 5. The van der Waals surface area contributed by atoms with E-state index < -0.39 is 5.41 Å². The minimum Gasteiger partial charge on any atom is -0.392 e. The molecule has 0 aromatic carbocycles. The van der Waals surface area contributed by atoms with Gasteiger partial charge in [-0.25, -0.2) is 4.98 Å². The summed E-state index contributed by atoms with van der Waals surface area (Å²) >= 11 is 6.73. The molecule has 0 bridgehead atoms. The second-order valence-electron chi connectivity index (χ2n) is 5.08. The number of nitrogens with two attached hydrogens (primary N) is 1. The van der Waals surface area contributed by atoms with Crippen LogP contribution in [0.25, 0.3) is 0 Å². The lowest BCUT2D eigenvalue weighted by Gasteiger charge is -2.37. The molecule has 1 saturated heterocycles. The van der Waals surface area contributed by atoms with Crippen LogP contribution in [0.4, 0.5) is 0 Å². The Morgan fingerprint density at radius 1 is 1.60 bits per heavy atom. The third-order valence-corrected chi connectivity index (χ3v) is 4.85. The number of carbonyl (C=O) groups is 1. The fourth-order valence-corrected chi connectivity index (χ4v) is 3.34. The molecule has 1 aromatic rings. The molecule has 0 saturated carbocycles. The summed E-state index contributed by atoms with van der Waals surface area (Å²) < 4.78 is 5.33. The van der Waals surface area contributed by atoms with E-state index in [2.05, 4.69) is 4.98 Å². The van der Waals surface area contributed by atoms with E-state index >= 15 is 0 Å². The van der Waals surface area contributed by atoms with E-state index in [1.807, 2.05) is 12.3 Å². The first-order valence-electron chi connectivity index (χ1n) is 6.50. The van der Waals surface area contributed by atoms with Gasteiger partial charge in [-0.15, -0.1) is 11.3 Å². The van der Waals surface area contributed by atoms with Crippen molar-refractivity contribution in [3.05, 3.63) is 16.1 Å². The molecule has 0 atom stereocenters. The molecule has 0 aliphatic carbocycles. The van der Waals surface area contributed by atoms with E-state index in [4.69, 9.17) is 22.7 Å². The zero-order valence-electron chi connectivity index (χ0n) is 11.7. The molecule has 1 aromatic heterocycles. The molecule has 1 aliphatic rings. The largest absolute Gasteiger partial charge is 0.392 e. The molecule has 5 nitrogen and oxygen atoms in total. The zero-order valence-corrected chi connectivity index (χ0v) is 13.4. The van der Waals surface area contributed by atoms with Gasteiger partial charge in [0.1, 0.15) is 5.41 Å². The Hall–Kier alpha value is -1.05. The van der Waals surface area contributed by atoms with Gasteiger partial charge < -0.3 is 15.4 Å². The summed E-state index contributed by atoms with van der Waals surface area (Å²) in [5.74, 6) is -0.0287. The Labute approximate surface area is 128 Å². The van der Waals surface area contributed by atoms with Crippen LogP contribution in [-0.4, -0.2) is 41.0 Å². The maximum Gasteiger partial charge on any atom is 0.235 e. The van der Waals surface area contributed by atoms with Crippen molar-refractivity contribution in [2.45, 2.75) is 26.3 Å². The number of nitrogens with zero attached hydrogens (tertiary/aromatic N) is 2. The maximum atomic E-state index is 12.8. The monoisotopic (exact) mass is 313 g/mol. The highest BCUT2D eigenvalue weighted by atomic mass is 32.1. The van der Waals surface area contributed by atoms with Crippen molar-refractivity contribution in [3.63, 3.8) is 0 Å². The lowest BCUT2D eigenvalue weighted by atomic mass is 9.78. The smallest absolute Gasteiger partial charge is 0.235 e. The summed E-state index contributed by atoms with van der Waals surface area (Å²) in [4.78, 5) is 19.1. The van der Waals surface area contributed by atoms with Gasteiger partial charge in [-0.05, 0) is 19.8 Å². The number of thiazole rings is 1. The van der Waals surface area contributed by atoms with E-state index in [0.717, 1.165) is 10.7 Å². The Morgan fingerprint density at radius 2 is 2.25 bits per heavy atom. The van der Waals surface area contributed by atoms with E-state index in [1.54, 1.807) is 23.3 Å². The van der Waals surface area contributed by atoms with Crippen molar-refractivity contribution in [1.29, 1.82) is 0 Å². The normalized spacial score (nSPS) is 17.7. The number of thiocarbonyl (C=S) groups is 1. The minimum absolute atomic E-state index is 0.0287. The van der Waals surface area contributed by atoms with Crippen molar-refractivity contribution >= 4 is 34.5 Å². The number of rotatable bonds is 4. The van der Waals surface area contributed by atoms with Gasteiger partial charge in [0.05, 0.1) is 22.2 Å². The van der Waals surface area contributed by atoms with Crippen LogP contribution in [0.2, 0.25) is 0 Å². The van der Waals surface area contributed by atoms with Gasteiger partial charge in [-0.1, -0.05) is 12.2 Å². The van der Waals surface area contributed by atoms with Gasteiger partial charge in [0, 0.05) is 25.6 Å². The van der Waals surface area contributed by atoms with Gasteiger partial charge >= 0.3 is 0 Å². The molecule has 1 amide bonds. The molecule has 0 spiro atoms. The molecule has 2 rings (SSSR count). The van der Waals surface area contributed by atoms with Gasteiger partial charge in [-0.3, -0.25) is 4.79 Å². The van der Waals surface area contributed by atoms with E-state index in [0.29, 0.717) is 32.6 Å². The highest BCUT2D eigenvalue weighted by Crippen LogP contribution is 2.33. The van der Waals surface area contributed by atoms with E-state index in [9.17, 15) is 4.79 Å². The predicted octanol–water partition coefficient (Wildman–Crippen LogP) is 1.49. The molecular formula is C13H19N3O2S2. The Morgan fingerprint density at radius 3 is 2.75 bits per heavy atom. The van der Waals surface area contributed by atoms with Crippen molar-refractivity contribution < 1.29 is 9.53 Å². The third kappa shape index (κ3) is 2.99. The van der Waals surface area contributed by atoms with Crippen LogP contribution in [0, 0.1) is 12.3 Å². The number of aryl methyl sites for hydroxylation is 1. The minimum atomic E-state index is -0.757. The van der Waals surface area contributed by atoms with Crippen LogP contribution < -0.4 is 5.73 Å². The number of aromatic nitrogens is 1. The SMILES string of the molecule is Cc1nc(CN(C)C(=O)C2(C(N)=S)CCOCC2)cs1. The van der Waals surface area contributed by atoms with Crippen LogP contribution in [0.15, 0.2) is 5.38 Å². The molecule has 1 aliphatic heterocycles. The predicted molar refractivity (Wildman–Crippen MR) is 82.6 cm³/mol. The van der Waals surface area contributed by atoms with Crippen molar-refractivity contribution in [2.24, 2.45) is 11.1 Å². The van der Waals surface area contributed by atoms with Crippen LogP contribution in [0.5, 0.6) is 0 Å². The first kappa shape index (κ1) is 15.3. The van der Waals surface area contributed by atoms with Gasteiger partial charge in [-0.2, -0.15) is 0 Å². The van der Waals surface area contributed by atoms with E-state index in [1.165, 1.54) is 0 Å². The summed E-state index contributed by atoms with van der Waals surface area (Å²) in [6.07, 6.45) is 1.11. The summed E-state index contributed by atoms with van der Waals surface area (Å²) in [7, 11) is 1.77. The number of hydrogen-bond donors (Lipinski definition) is 1. The average molecular weight is 313 g/mol. The first-order chi connectivity index (χ1) is 9.45. The van der Waals surface area contributed by atoms with Crippen molar-refractivity contribution in [1.82, 2.24) is 9.88 Å². The molecule has 110 valence electrons. The first-order valence-corrected chi connectivity index (χ1v) is 7.79. The van der Waals surface area contributed by atoms with Gasteiger partial charge in [0.25, 0.3) is 0 Å². The standard InChI is InChI=1S/C13H19N3O2S2/c1-9-15-10(8-20-9)7-16(2)12(17)13(11(14)19)3-5-18-6-4-13/h8H,3-7H2,1-2H3,(H2,14,19). The zero-order chi connectivity index (χ0) is 14.8. The summed E-state index contributed by atoms with van der Waals surface area (Å²) in [5.41, 5.74) is 5.99. The van der Waals surface area contributed by atoms with Crippen molar-refractivity contribution in [2.75, 3.05) is 20.3 Å². The number of carbonyl (C=O) groups excluding carboxylic acids is 1. The van der Waals surface area contributed by atoms with Crippen LogP contribution >= 0.6 is 23.6 Å².